The topological polar surface area (TPSA) is 64.3 Å². The first-order chi connectivity index (χ1) is 8.65. The Balaban J connectivity index is 2.38. The molecule has 1 aliphatic rings. The minimum Gasteiger partial charge on any atom is -0.478 e. The standard InChI is InChI=1S/C13H13FN2O2/c14-10-3-1-4-11(12(10)13(17)18)16(8-2-7-15)9-5-6-9/h1,3-4,9H,2,5-6,8H2,(H,17,18). The molecule has 0 unspecified atom stereocenters. The minimum atomic E-state index is -1.27. The zero-order valence-electron chi connectivity index (χ0n) is 9.77. The zero-order chi connectivity index (χ0) is 13.1. The largest absolute Gasteiger partial charge is 0.478 e. The van der Waals surface area contributed by atoms with Crippen molar-refractivity contribution in [1.29, 1.82) is 5.26 Å². The Morgan fingerprint density at radius 1 is 1.56 bits per heavy atom. The number of rotatable bonds is 5. The molecule has 1 aromatic rings. The Morgan fingerprint density at radius 2 is 2.28 bits per heavy atom. The van der Waals surface area contributed by atoms with E-state index in [9.17, 15) is 9.18 Å². The Kier molecular flexibility index (Phi) is 3.47. The second kappa shape index (κ2) is 5.05. The SMILES string of the molecule is N#CCCN(c1cccc(F)c1C(=O)O)C1CC1. The molecule has 18 heavy (non-hydrogen) atoms. The van der Waals surface area contributed by atoms with Gasteiger partial charge in [0.05, 0.1) is 18.2 Å². The van der Waals surface area contributed by atoms with Crippen molar-refractivity contribution in [2.45, 2.75) is 25.3 Å². The Labute approximate surface area is 104 Å². The molecule has 0 bridgehead atoms. The Hall–Kier alpha value is -2.09. The monoisotopic (exact) mass is 248 g/mol. The van der Waals surface area contributed by atoms with Crippen molar-refractivity contribution < 1.29 is 14.3 Å². The summed E-state index contributed by atoms with van der Waals surface area (Å²) >= 11 is 0. The van der Waals surface area contributed by atoms with Crippen LogP contribution in [0.2, 0.25) is 0 Å². The normalized spacial score (nSPS) is 14.0. The summed E-state index contributed by atoms with van der Waals surface area (Å²) in [4.78, 5) is 13.0. The van der Waals surface area contributed by atoms with Gasteiger partial charge in [-0.2, -0.15) is 5.26 Å². The Morgan fingerprint density at radius 3 is 2.83 bits per heavy atom. The number of nitrogens with zero attached hydrogens (tertiary/aromatic N) is 2. The van der Waals surface area contributed by atoms with Crippen LogP contribution in [0.25, 0.3) is 0 Å². The van der Waals surface area contributed by atoms with Crippen molar-refractivity contribution in [3.05, 3.63) is 29.6 Å². The first-order valence-corrected chi connectivity index (χ1v) is 5.80. The lowest BCUT2D eigenvalue weighted by Gasteiger charge is -2.25. The van der Waals surface area contributed by atoms with Gasteiger partial charge < -0.3 is 10.0 Å². The summed E-state index contributed by atoms with van der Waals surface area (Å²) in [6.45, 7) is 0.435. The van der Waals surface area contributed by atoms with Crippen LogP contribution in [0.5, 0.6) is 0 Å². The number of hydrogen-bond acceptors (Lipinski definition) is 3. The molecule has 94 valence electrons. The van der Waals surface area contributed by atoms with E-state index < -0.39 is 11.8 Å². The molecule has 0 aromatic heterocycles. The molecular formula is C13H13FN2O2. The second-order valence-electron chi connectivity index (χ2n) is 4.27. The first kappa shape index (κ1) is 12.4. The van der Waals surface area contributed by atoms with E-state index in [2.05, 4.69) is 0 Å². The van der Waals surface area contributed by atoms with Gasteiger partial charge in [-0.1, -0.05) is 6.07 Å². The third-order valence-corrected chi connectivity index (χ3v) is 2.97. The zero-order valence-corrected chi connectivity index (χ0v) is 9.77. The number of aromatic carboxylic acids is 1. The summed E-state index contributed by atoms with van der Waals surface area (Å²) in [5, 5.41) is 17.7. The Bertz CT molecular complexity index is 506. The third-order valence-electron chi connectivity index (χ3n) is 2.97. The van der Waals surface area contributed by atoms with Gasteiger partial charge in [0, 0.05) is 12.6 Å². The highest BCUT2D eigenvalue weighted by molar-refractivity contribution is 5.95. The van der Waals surface area contributed by atoms with Gasteiger partial charge in [-0.15, -0.1) is 0 Å². The third kappa shape index (κ3) is 2.43. The summed E-state index contributed by atoms with van der Waals surface area (Å²) in [6, 6.07) is 6.51. The molecule has 0 saturated heterocycles. The van der Waals surface area contributed by atoms with Gasteiger partial charge in [0.2, 0.25) is 0 Å². The fourth-order valence-corrected chi connectivity index (χ4v) is 2.02. The molecule has 1 fully saturated rings. The van der Waals surface area contributed by atoms with Crippen LogP contribution in [0.4, 0.5) is 10.1 Å². The van der Waals surface area contributed by atoms with Gasteiger partial charge in [0.15, 0.2) is 0 Å². The fourth-order valence-electron chi connectivity index (χ4n) is 2.02. The van der Waals surface area contributed by atoms with Crippen LogP contribution in [0.1, 0.15) is 29.6 Å². The molecule has 4 nitrogen and oxygen atoms in total. The maximum absolute atomic E-state index is 13.6. The molecule has 0 radical (unpaired) electrons. The lowest BCUT2D eigenvalue weighted by Crippen LogP contribution is -2.28. The number of anilines is 1. The number of carboxylic acid groups (broad SMARTS) is 1. The van der Waals surface area contributed by atoms with Crippen LogP contribution >= 0.6 is 0 Å². The molecule has 1 N–H and O–H groups in total. The van der Waals surface area contributed by atoms with Gasteiger partial charge in [-0.05, 0) is 25.0 Å². The number of carbonyl (C=O) groups is 1. The fraction of sp³-hybridized carbons (Fsp3) is 0.385. The summed E-state index contributed by atoms with van der Waals surface area (Å²) in [5.74, 6) is -2.01. The smallest absolute Gasteiger partial charge is 0.340 e. The van der Waals surface area contributed by atoms with E-state index in [0.717, 1.165) is 18.9 Å². The van der Waals surface area contributed by atoms with E-state index in [4.69, 9.17) is 10.4 Å². The molecule has 5 heteroatoms. The van der Waals surface area contributed by atoms with Gasteiger partial charge >= 0.3 is 5.97 Å². The summed E-state index contributed by atoms with van der Waals surface area (Å²) in [6.07, 6.45) is 2.22. The average Bonchev–Trinajstić information content (AvgIpc) is 3.13. The maximum atomic E-state index is 13.6. The average molecular weight is 248 g/mol. The highest BCUT2D eigenvalue weighted by atomic mass is 19.1. The van der Waals surface area contributed by atoms with E-state index in [1.54, 1.807) is 6.07 Å². The number of nitriles is 1. The molecule has 0 atom stereocenters. The summed E-state index contributed by atoms with van der Waals surface area (Å²) in [7, 11) is 0. The van der Waals surface area contributed by atoms with Crippen LogP contribution in [0, 0.1) is 17.1 Å². The van der Waals surface area contributed by atoms with E-state index in [1.165, 1.54) is 6.07 Å². The summed E-state index contributed by atoms with van der Waals surface area (Å²) < 4.78 is 13.6. The van der Waals surface area contributed by atoms with E-state index in [1.807, 2.05) is 11.0 Å². The van der Waals surface area contributed by atoms with Crippen LogP contribution in [-0.2, 0) is 0 Å². The van der Waals surface area contributed by atoms with Crippen molar-refractivity contribution in [2.24, 2.45) is 0 Å². The molecule has 0 heterocycles. The predicted molar refractivity (Wildman–Crippen MR) is 64.0 cm³/mol. The lowest BCUT2D eigenvalue weighted by molar-refractivity contribution is 0.0692. The maximum Gasteiger partial charge on any atom is 0.340 e. The van der Waals surface area contributed by atoms with Gasteiger partial charge in [0.1, 0.15) is 11.4 Å². The van der Waals surface area contributed by atoms with Gasteiger partial charge in [-0.25, -0.2) is 9.18 Å². The number of hydrogen-bond donors (Lipinski definition) is 1. The van der Waals surface area contributed by atoms with Crippen molar-refractivity contribution in [1.82, 2.24) is 0 Å². The molecule has 0 aliphatic heterocycles. The molecule has 1 aliphatic carbocycles. The lowest BCUT2D eigenvalue weighted by atomic mass is 10.1. The van der Waals surface area contributed by atoms with E-state index in [-0.39, 0.29) is 11.6 Å². The number of halogens is 1. The highest BCUT2D eigenvalue weighted by Crippen LogP contribution is 2.34. The molecule has 2 rings (SSSR count). The molecule has 1 saturated carbocycles. The van der Waals surface area contributed by atoms with Crippen LogP contribution in [0.15, 0.2) is 18.2 Å². The van der Waals surface area contributed by atoms with E-state index in [0.29, 0.717) is 18.7 Å². The molecule has 1 aromatic carbocycles. The van der Waals surface area contributed by atoms with Gasteiger partial charge in [-0.3, -0.25) is 0 Å². The number of carboxylic acids is 1. The van der Waals surface area contributed by atoms with E-state index >= 15 is 0 Å². The van der Waals surface area contributed by atoms with Crippen LogP contribution < -0.4 is 4.90 Å². The van der Waals surface area contributed by atoms with Gasteiger partial charge in [0.25, 0.3) is 0 Å². The predicted octanol–water partition coefficient (Wildman–Crippen LogP) is 2.41. The highest BCUT2D eigenvalue weighted by Gasteiger charge is 2.32. The number of benzene rings is 1. The minimum absolute atomic E-state index is 0.234. The molecule has 0 spiro atoms. The van der Waals surface area contributed by atoms with Crippen molar-refractivity contribution >= 4 is 11.7 Å². The van der Waals surface area contributed by atoms with Crippen molar-refractivity contribution in [3.63, 3.8) is 0 Å². The quantitative estimate of drug-likeness (QED) is 0.869. The first-order valence-electron chi connectivity index (χ1n) is 5.80. The van der Waals surface area contributed by atoms with Crippen LogP contribution in [-0.4, -0.2) is 23.7 Å². The van der Waals surface area contributed by atoms with Crippen molar-refractivity contribution in [2.75, 3.05) is 11.4 Å². The van der Waals surface area contributed by atoms with Crippen molar-refractivity contribution in [3.8, 4) is 6.07 Å². The molecule has 0 amide bonds. The second-order valence-corrected chi connectivity index (χ2v) is 4.27. The summed E-state index contributed by atoms with van der Waals surface area (Å²) in [5.41, 5.74) is 0.0718. The van der Waals surface area contributed by atoms with Crippen LogP contribution in [0.3, 0.4) is 0 Å². The molecular weight excluding hydrogens is 235 g/mol.